The molecule has 0 aliphatic heterocycles. The van der Waals surface area contributed by atoms with Crippen LogP contribution in [0.2, 0.25) is 0 Å². The zero-order valence-corrected chi connectivity index (χ0v) is 9.91. The van der Waals surface area contributed by atoms with Gasteiger partial charge in [0.05, 0.1) is 12.7 Å². The molecule has 98 valence electrons. The Kier molecular flexibility index (Phi) is 3.55. The summed E-state index contributed by atoms with van der Waals surface area (Å²) in [5, 5.41) is 0. The van der Waals surface area contributed by atoms with Gasteiger partial charge in [-0.1, -0.05) is 0 Å². The van der Waals surface area contributed by atoms with Gasteiger partial charge < -0.3 is 4.74 Å². The Hall–Kier alpha value is -2.30. The number of benzene rings is 2. The number of carbonyl (C=O) groups is 1. The maximum Gasteiger partial charge on any atom is 0.337 e. The van der Waals surface area contributed by atoms with Gasteiger partial charge in [-0.2, -0.15) is 0 Å². The molecule has 0 heterocycles. The van der Waals surface area contributed by atoms with Crippen molar-refractivity contribution in [1.82, 2.24) is 0 Å². The molecule has 0 aliphatic carbocycles. The van der Waals surface area contributed by atoms with E-state index in [0.29, 0.717) is 6.07 Å². The summed E-state index contributed by atoms with van der Waals surface area (Å²) < 4.78 is 44.1. The van der Waals surface area contributed by atoms with Crippen LogP contribution in [0.25, 0.3) is 11.1 Å². The highest BCUT2D eigenvalue weighted by Crippen LogP contribution is 2.24. The van der Waals surface area contributed by atoms with Crippen molar-refractivity contribution in [3.8, 4) is 11.1 Å². The Bertz CT molecular complexity index is 618. The molecular formula is C14H9F3O2. The SMILES string of the molecule is COC(=O)c1cc(F)cc(-c2cc(F)cc(F)c2)c1. The van der Waals surface area contributed by atoms with Gasteiger partial charge in [0.2, 0.25) is 0 Å². The van der Waals surface area contributed by atoms with Gasteiger partial charge in [0.15, 0.2) is 0 Å². The first-order chi connectivity index (χ1) is 8.99. The molecule has 2 rings (SSSR count). The number of hydrogen-bond acceptors (Lipinski definition) is 2. The molecule has 0 unspecified atom stereocenters. The van der Waals surface area contributed by atoms with E-state index in [4.69, 9.17) is 0 Å². The average molecular weight is 266 g/mol. The number of carbonyl (C=O) groups excluding carboxylic acids is 1. The van der Waals surface area contributed by atoms with E-state index in [1.807, 2.05) is 0 Å². The molecule has 0 amide bonds. The molecule has 5 heteroatoms. The third-order valence-electron chi connectivity index (χ3n) is 2.51. The lowest BCUT2D eigenvalue weighted by atomic mass is 10.0. The Morgan fingerprint density at radius 2 is 1.32 bits per heavy atom. The van der Waals surface area contributed by atoms with Gasteiger partial charge in [-0.25, -0.2) is 18.0 Å². The second-order valence-electron chi connectivity index (χ2n) is 3.88. The van der Waals surface area contributed by atoms with Gasteiger partial charge in [-0.05, 0) is 41.5 Å². The normalized spacial score (nSPS) is 10.3. The summed E-state index contributed by atoms with van der Waals surface area (Å²) in [6.07, 6.45) is 0. The molecule has 0 saturated heterocycles. The molecule has 0 saturated carbocycles. The summed E-state index contributed by atoms with van der Waals surface area (Å²) in [5.41, 5.74) is 0.308. The predicted molar refractivity (Wildman–Crippen MR) is 63.1 cm³/mol. The van der Waals surface area contributed by atoms with Crippen molar-refractivity contribution >= 4 is 5.97 Å². The minimum atomic E-state index is -0.779. The van der Waals surface area contributed by atoms with Crippen molar-refractivity contribution in [3.63, 3.8) is 0 Å². The zero-order chi connectivity index (χ0) is 14.0. The molecule has 0 fully saturated rings. The van der Waals surface area contributed by atoms with Crippen LogP contribution in [0.15, 0.2) is 36.4 Å². The molecule has 0 radical (unpaired) electrons. The summed E-state index contributed by atoms with van der Waals surface area (Å²) in [6.45, 7) is 0. The first kappa shape index (κ1) is 13.1. The van der Waals surface area contributed by atoms with Crippen molar-refractivity contribution in [3.05, 3.63) is 59.4 Å². The second kappa shape index (κ2) is 5.14. The van der Waals surface area contributed by atoms with E-state index in [9.17, 15) is 18.0 Å². The molecule has 0 aliphatic rings. The summed E-state index contributed by atoms with van der Waals surface area (Å²) in [7, 11) is 1.16. The van der Waals surface area contributed by atoms with Gasteiger partial charge in [0, 0.05) is 6.07 Å². The van der Waals surface area contributed by atoms with Crippen LogP contribution in [0.4, 0.5) is 13.2 Å². The molecule has 19 heavy (non-hydrogen) atoms. The number of hydrogen-bond donors (Lipinski definition) is 0. The fraction of sp³-hybridized carbons (Fsp3) is 0.0714. The van der Waals surface area contributed by atoms with Gasteiger partial charge in [0.25, 0.3) is 0 Å². The van der Waals surface area contributed by atoms with Crippen LogP contribution in [-0.2, 0) is 4.74 Å². The lowest BCUT2D eigenvalue weighted by molar-refractivity contribution is 0.0600. The van der Waals surface area contributed by atoms with Crippen LogP contribution in [0.1, 0.15) is 10.4 Å². The van der Waals surface area contributed by atoms with Crippen molar-refractivity contribution in [2.45, 2.75) is 0 Å². The molecular weight excluding hydrogens is 257 g/mol. The van der Waals surface area contributed by atoms with Crippen LogP contribution >= 0.6 is 0 Å². The van der Waals surface area contributed by atoms with Gasteiger partial charge in [-0.3, -0.25) is 0 Å². The molecule has 0 spiro atoms. The van der Waals surface area contributed by atoms with E-state index < -0.39 is 23.4 Å². The topological polar surface area (TPSA) is 26.3 Å². The van der Waals surface area contributed by atoms with Crippen LogP contribution < -0.4 is 0 Å². The molecule has 0 N–H and O–H groups in total. The minimum absolute atomic E-state index is 0.0258. The van der Waals surface area contributed by atoms with Crippen molar-refractivity contribution in [1.29, 1.82) is 0 Å². The van der Waals surface area contributed by atoms with E-state index in [2.05, 4.69) is 4.74 Å². The number of ether oxygens (including phenoxy) is 1. The fourth-order valence-corrected chi connectivity index (χ4v) is 1.71. The Morgan fingerprint density at radius 3 is 1.84 bits per heavy atom. The minimum Gasteiger partial charge on any atom is -0.465 e. The first-order valence-corrected chi connectivity index (χ1v) is 5.35. The number of halogens is 3. The standard InChI is InChI=1S/C14H9F3O2/c1-19-14(18)10-2-8(3-11(15)6-10)9-4-12(16)7-13(17)5-9/h2-7H,1H3. The number of methoxy groups -OCH3 is 1. The number of rotatable bonds is 2. The Labute approximate surface area is 107 Å². The van der Waals surface area contributed by atoms with Crippen molar-refractivity contribution in [2.75, 3.05) is 7.11 Å². The van der Waals surface area contributed by atoms with Crippen LogP contribution in [0.3, 0.4) is 0 Å². The average Bonchev–Trinajstić information content (AvgIpc) is 2.36. The van der Waals surface area contributed by atoms with E-state index in [1.54, 1.807) is 0 Å². The largest absolute Gasteiger partial charge is 0.465 e. The maximum absolute atomic E-state index is 13.4. The summed E-state index contributed by atoms with van der Waals surface area (Å²) >= 11 is 0. The Balaban J connectivity index is 2.55. The number of esters is 1. The van der Waals surface area contributed by atoms with E-state index >= 15 is 0 Å². The lowest BCUT2D eigenvalue weighted by Crippen LogP contribution is -2.02. The predicted octanol–water partition coefficient (Wildman–Crippen LogP) is 3.56. The molecule has 2 aromatic carbocycles. The molecule has 2 nitrogen and oxygen atoms in total. The smallest absolute Gasteiger partial charge is 0.337 e. The summed E-state index contributed by atoms with van der Waals surface area (Å²) in [5.74, 6) is -2.97. The quantitative estimate of drug-likeness (QED) is 0.777. The van der Waals surface area contributed by atoms with Gasteiger partial charge >= 0.3 is 5.97 Å². The highest BCUT2D eigenvalue weighted by molar-refractivity contribution is 5.91. The molecule has 2 aromatic rings. The zero-order valence-electron chi connectivity index (χ0n) is 9.91. The molecule has 0 aromatic heterocycles. The monoisotopic (exact) mass is 266 g/mol. The van der Waals surface area contributed by atoms with Crippen LogP contribution in [-0.4, -0.2) is 13.1 Å². The van der Waals surface area contributed by atoms with Crippen molar-refractivity contribution in [2.24, 2.45) is 0 Å². The van der Waals surface area contributed by atoms with E-state index in [1.165, 1.54) is 6.07 Å². The van der Waals surface area contributed by atoms with Crippen molar-refractivity contribution < 1.29 is 22.7 Å². The van der Waals surface area contributed by atoms with Gasteiger partial charge in [-0.15, -0.1) is 0 Å². The van der Waals surface area contributed by atoms with E-state index in [-0.39, 0.29) is 16.7 Å². The Morgan fingerprint density at radius 1 is 0.842 bits per heavy atom. The third kappa shape index (κ3) is 2.93. The van der Waals surface area contributed by atoms with Crippen LogP contribution in [0, 0.1) is 17.5 Å². The maximum atomic E-state index is 13.4. The third-order valence-corrected chi connectivity index (χ3v) is 2.51. The summed E-state index contributed by atoms with van der Waals surface area (Å²) in [4.78, 5) is 11.3. The first-order valence-electron chi connectivity index (χ1n) is 5.35. The van der Waals surface area contributed by atoms with Crippen LogP contribution in [0.5, 0.6) is 0 Å². The second-order valence-corrected chi connectivity index (χ2v) is 3.88. The van der Waals surface area contributed by atoms with Gasteiger partial charge in [0.1, 0.15) is 17.5 Å². The molecule has 0 bridgehead atoms. The lowest BCUT2D eigenvalue weighted by Gasteiger charge is -2.06. The van der Waals surface area contributed by atoms with E-state index in [0.717, 1.165) is 31.4 Å². The fourth-order valence-electron chi connectivity index (χ4n) is 1.71. The highest BCUT2D eigenvalue weighted by Gasteiger charge is 2.11. The molecule has 0 atom stereocenters. The highest BCUT2D eigenvalue weighted by atomic mass is 19.1. The summed E-state index contributed by atoms with van der Waals surface area (Å²) in [6, 6.07) is 6.20.